The first kappa shape index (κ1) is 9.76. The molecule has 0 unspecified atom stereocenters. The van der Waals surface area contributed by atoms with E-state index in [1.807, 2.05) is 30.3 Å². The average Bonchev–Trinajstić information content (AvgIpc) is 2.15. The van der Waals surface area contributed by atoms with Crippen LogP contribution in [-0.2, 0) is 10.9 Å². The van der Waals surface area contributed by atoms with Crippen molar-refractivity contribution in [3.8, 4) is 0 Å². The highest BCUT2D eigenvalue weighted by atomic mass is 32.2. The second kappa shape index (κ2) is 4.64. The molecular formula is C8H10N2O2S. The maximum Gasteiger partial charge on any atom is 0.237 e. The smallest absolute Gasteiger partial charge is 0.234 e. The predicted molar refractivity (Wildman–Crippen MR) is 51.8 cm³/mol. The molecule has 0 aliphatic rings. The van der Waals surface area contributed by atoms with Crippen LogP contribution in [0.4, 0.5) is 0 Å². The van der Waals surface area contributed by atoms with Crippen LogP contribution in [0.3, 0.4) is 0 Å². The summed E-state index contributed by atoms with van der Waals surface area (Å²) in [7, 11) is -2.73. The van der Waals surface area contributed by atoms with E-state index in [9.17, 15) is 8.42 Å². The normalized spacial score (nSPS) is 10.9. The number of nitrogens with zero attached hydrogens (tertiary/aromatic N) is 1. The summed E-state index contributed by atoms with van der Waals surface area (Å²) in [5.74, 6) is 5.11. The molecule has 1 rings (SSSR count). The molecule has 0 aliphatic carbocycles. The first-order chi connectivity index (χ1) is 6.20. The fourth-order valence-electron chi connectivity index (χ4n) is 0.781. The van der Waals surface area contributed by atoms with Crippen LogP contribution < -0.4 is 5.84 Å². The molecule has 0 saturated carbocycles. The predicted octanol–water partition coefficient (Wildman–Crippen LogP) is 0.359. The molecule has 0 fully saturated rings. The van der Waals surface area contributed by atoms with Crippen molar-refractivity contribution in [3.05, 3.63) is 42.1 Å². The molecule has 4 nitrogen and oxygen atoms in total. The van der Waals surface area contributed by atoms with Crippen LogP contribution >= 0.6 is 0 Å². The van der Waals surface area contributed by atoms with Crippen molar-refractivity contribution in [2.75, 3.05) is 0 Å². The molecule has 0 spiro atoms. The van der Waals surface area contributed by atoms with Crippen LogP contribution in [0.5, 0.6) is 0 Å². The summed E-state index contributed by atoms with van der Waals surface area (Å²) in [5, 5.41) is 0. The van der Waals surface area contributed by atoms with E-state index in [0.717, 1.165) is 5.56 Å². The number of hydrogen-bond donors (Lipinski definition) is 2. The van der Waals surface area contributed by atoms with Crippen molar-refractivity contribution in [2.24, 2.45) is 5.84 Å². The highest BCUT2D eigenvalue weighted by Crippen LogP contribution is 2.00. The van der Waals surface area contributed by atoms with E-state index >= 15 is 0 Å². The van der Waals surface area contributed by atoms with Crippen LogP contribution in [-0.4, -0.2) is 12.8 Å². The monoisotopic (exact) mass is 198 g/mol. The van der Waals surface area contributed by atoms with Gasteiger partial charge in [0, 0.05) is 6.20 Å². The SMILES string of the molecule is NN(C=Cc1ccccc1)[SH](=O)=O. The summed E-state index contributed by atoms with van der Waals surface area (Å²) in [5.41, 5.74) is 0.898. The Hall–Kier alpha value is -1.33. The van der Waals surface area contributed by atoms with Gasteiger partial charge in [-0.25, -0.2) is 18.7 Å². The Morgan fingerprint density at radius 3 is 2.38 bits per heavy atom. The molecule has 0 aliphatic heterocycles. The number of hydrazine groups is 1. The zero-order valence-electron chi connectivity index (χ0n) is 6.83. The Morgan fingerprint density at radius 1 is 1.23 bits per heavy atom. The van der Waals surface area contributed by atoms with Crippen LogP contribution in [0.15, 0.2) is 36.5 Å². The van der Waals surface area contributed by atoms with Crippen LogP contribution in [0.2, 0.25) is 0 Å². The quantitative estimate of drug-likeness (QED) is 0.419. The van der Waals surface area contributed by atoms with E-state index in [-0.39, 0.29) is 0 Å². The topological polar surface area (TPSA) is 63.4 Å². The minimum Gasteiger partial charge on any atom is -0.234 e. The first-order valence-electron chi connectivity index (χ1n) is 3.61. The molecule has 0 bridgehead atoms. The molecule has 70 valence electrons. The molecule has 13 heavy (non-hydrogen) atoms. The lowest BCUT2D eigenvalue weighted by Gasteiger charge is -2.01. The Balaban J connectivity index is 2.69. The van der Waals surface area contributed by atoms with Crippen molar-refractivity contribution in [2.45, 2.75) is 0 Å². The van der Waals surface area contributed by atoms with E-state index in [2.05, 4.69) is 0 Å². The molecule has 0 saturated heterocycles. The van der Waals surface area contributed by atoms with Gasteiger partial charge < -0.3 is 0 Å². The third-order valence-electron chi connectivity index (χ3n) is 1.41. The summed E-state index contributed by atoms with van der Waals surface area (Å²) >= 11 is 0. The largest absolute Gasteiger partial charge is 0.237 e. The fourth-order valence-corrected chi connectivity index (χ4v) is 0.957. The Kier molecular flexibility index (Phi) is 3.48. The molecule has 1 aromatic rings. The zero-order valence-corrected chi connectivity index (χ0v) is 7.72. The Morgan fingerprint density at radius 2 is 1.85 bits per heavy atom. The molecule has 2 N–H and O–H groups in total. The van der Waals surface area contributed by atoms with Crippen LogP contribution in [0, 0.1) is 0 Å². The number of hydrogen-bond acceptors (Lipinski definition) is 3. The molecule has 5 heteroatoms. The van der Waals surface area contributed by atoms with E-state index in [0.29, 0.717) is 4.41 Å². The number of nitrogens with two attached hydrogens (primary N) is 1. The first-order valence-corrected chi connectivity index (χ1v) is 4.74. The van der Waals surface area contributed by atoms with E-state index in [4.69, 9.17) is 5.84 Å². The van der Waals surface area contributed by atoms with Crippen molar-refractivity contribution >= 4 is 17.0 Å². The van der Waals surface area contributed by atoms with Gasteiger partial charge in [0.2, 0.25) is 10.9 Å². The zero-order chi connectivity index (χ0) is 9.68. The third-order valence-corrected chi connectivity index (χ3v) is 1.92. The van der Waals surface area contributed by atoms with Crippen molar-refractivity contribution in [1.29, 1.82) is 0 Å². The van der Waals surface area contributed by atoms with Gasteiger partial charge in [-0.2, -0.15) is 0 Å². The second-order valence-corrected chi connectivity index (χ2v) is 3.28. The van der Waals surface area contributed by atoms with Gasteiger partial charge in [-0.1, -0.05) is 30.3 Å². The van der Waals surface area contributed by atoms with Gasteiger partial charge in [-0.3, -0.25) is 0 Å². The lowest BCUT2D eigenvalue weighted by Crippen LogP contribution is -2.22. The maximum atomic E-state index is 10.3. The highest BCUT2D eigenvalue weighted by molar-refractivity contribution is 7.69. The molecule has 0 radical (unpaired) electrons. The van der Waals surface area contributed by atoms with Gasteiger partial charge >= 0.3 is 0 Å². The molecule has 0 atom stereocenters. The molecular weight excluding hydrogens is 188 g/mol. The number of benzene rings is 1. The van der Waals surface area contributed by atoms with E-state index in [1.54, 1.807) is 6.08 Å². The summed E-state index contributed by atoms with van der Waals surface area (Å²) in [6.07, 6.45) is 2.91. The molecule has 0 amide bonds. The maximum absolute atomic E-state index is 10.3. The number of thiol groups is 1. The van der Waals surface area contributed by atoms with E-state index < -0.39 is 10.9 Å². The minimum absolute atomic E-state index is 0.641. The highest BCUT2D eigenvalue weighted by Gasteiger charge is 1.89. The van der Waals surface area contributed by atoms with Crippen LogP contribution in [0.25, 0.3) is 6.08 Å². The second-order valence-electron chi connectivity index (χ2n) is 2.34. The lowest BCUT2D eigenvalue weighted by molar-refractivity contribution is 0.536. The van der Waals surface area contributed by atoms with Gasteiger partial charge in [0.25, 0.3) is 0 Å². The summed E-state index contributed by atoms with van der Waals surface area (Å²) in [6.45, 7) is 0. The summed E-state index contributed by atoms with van der Waals surface area (Å²) in [4.78, 5) is 0. The standard InChI is InChI=1S/C8H10N2O2S/c9-10(13(11)12)7-6-8-4-2-1-3-5-8/h1-7,13H,9H2. The molecule has 0 aromatic heterocycles. The summed E-state index contributed by atoms with van der Waals surface area (Å²) in [6, 6.07) is 9.30. The van der Waals surface area contributed by atoms with Crippen molar-refractivity contribution in [1.82, 2.24) is 4.41 Å². The van der Waals surface area contributed by atoms with Gasteiger partial charge in [0.1, 0.15) is 0 Å². The van der Waals surface area contributed by atoms with Crippen molar-refractivity contribution in [3.63, 3.8) is 0 Å². The number of rotatable bonds is 3. The Bertz CT molecular complexity index is 352. The summed E-state index contributed by atoms with van der Waals surface area (Å²) < 4.78 is 21.3. The molecule has 1 aromatic carbocycles. The van der Waals surface area contributed by atoms with Gasteiger partial charge in [0.05, 0.1) is 0 Å². The average molecular weight is 198 g/mol. The molecule has 0 heterocycles. The van der Waals surface area contributed by atoms with Crippen LogP contribution in [0.1, 0.15) is 5.56 Å². The third kappa shape index (κ3) is 3.27. The van der Waals surface area contributed by atoms with Gasteiger partial charge in [-0.05, 0) is 11.6 Å². The fraction of sp³-hybridized carbons (Fsp3) is 0. The van der Waals surface area contributed by atoms with E-state index in [1.165, 1.54) is 6.20 Å². The van der Waals surface area contributed by atoms with Gasteiger partial charge in [0.15, 0.2) is 0 Å². The minimum atomic E-state index is -2.73. The lowest BCUT2D eigenvalue weighted by atomic mass is 10.2. The Labute approximate surface area is 78.3 Å². The van der Waals surface area contributed by atoms with Crippen molar-refractivity contribution < 1.29 is 8.42 Å². The van der Waals surface area contributed by atoms with Gasteiger partial charge in [-0.15, -0.1) is 0 Å².